The lowest BCUT2D eigenvalue weighted by molar-refractivity contribution is -0.129. The van der Waals surface area contributed by atoms with Gasteiger partial charge in [-0.1, -0.05) is 30.3 Å². The van der Waals surface area contributed by atoms with Gasteiger partial charge < -0.3 is 4.90 Å². The fourth-order valence-corrected chi connectivity index (χ4v) is 3.49. The molecule has 1 aliphatic heterocycles. The van der Waals surface area contributed by atoms with Gasteiger partial charge in [-0.2, -0.15) is 0 Å². The second kappa shape index (κ2) is 5.82. The van der Waals surface area contributed by atoms with Crippen LogP contribution in [0.5, 0.6) is 0 Å². The third kappa shape index (κ3) is 3.22. The maximum absolute atomic E-state index is 12.3. The van der Waals surface area contributed by atoms with Crippen molar-refractivity contribution < 1.29 is 18.0 Å². The zero-order valence-electron chi connectivity index (χ0n) is 11.8. The van der Waals surface area contributed by atoms with Crippen LogP contribution in [0.1, 0.15) is 5.56 Å². The number of nitrogens with one attached hydrogen (secondary N) is 1. The highest BCUT2D eigenvalue weighted by Gasteiger charge is 2.42. The lowest BCUT2D eigenvalue weighted by Gasteiger charge is -2.34. The van der Waals surface area contributed by atoms with Crippen molar-refractivity contribution in [2.75, 3.05) is 20.6 Å². The highest BCUT2D eigenvalue weighted by molar-refractivity contribution is 7.90. The van der Waals surface area contributed by atoms with Crippen LogP contribution in [-0.2, 0) is 21.4 Å². The lowest BCUT2D eigenvalue weighted by Crippen LogP contribution is -2.60. The highest BCUT2D eigenvalue weighted by atomic mass is 32.2. The molecule has 2 rings (SSSR count). The van der Waals surface area contributed by atoms with Gasteiger partial charge in [-0.25, -0.2) is 17.9 Å². The molecule has 1 saturated heterocycles. The first kappa shape index (κ1) is 15.5. The molecule has 114 valence electrons. The number of benzene rings is 1. The molecule has 1 fully saturated rings. The maximum atomic E-state index is 12.3. The van der Waals surface area contributed by atoms with Gasteiger partial charge >= 0.3 is 6.03 Å². The minimum Gasteiger partial charge on any atom is -0.325 e. The quantitative estimate of drug-likeness (QED) is 0.848. The largest absolute Gasteiger partial charge is 0.326 e. The van der Waals surface area contributed by atoms with Crippen LogP contribution in [0.3, 0.4) is 0 Å². The summed E-state index contributed by atoms with van der Waals surface area (Å²) in [7, 11) is -1.11. The SMILES string of the molecule is CN1CC(S(=O)(=O)NCc2ccccc2)C(=O)N(C)C1=O. The fourth-order valence-electron chi connectivity index (χ4n) is 2.08. The van der Waals surface area contributed by atoms with Crippen molar-refractivity contribution in [3.05, 3.63) is 35.9 Å². The second-order valence-corrected chi connectivity index (χ2v) is 6.85. The van der Waals surface area contributed by atoms with Gasteiger partial charge in [-0.3, -0.25) is 9.69 Å². The second-order valence-electron chi connectivity index (χ2n) is 4.90. The Hall–Kier alpha value is -1.93. The van der Waals surface area contributed by atoms with Crippen LogP contribution in [0.2, 0.25) is 0 Å². The van der Waals surface area contributed by atoms with Gasteiger partial charge in [0.05, 0.1) is 0 Å². The number of carbonyl (C=O) groups is 2. The standard InChI is InChI=1S/C13H17N3O4S/c1-15-9-11(12(17)16(2)13(15)18)21(19,20)14-8-10-6-4-3-5-7-10/h3-7,11,14H,8-9H2,1-2H3. The summed E-state index contributed by atoms with van der Waals surface area (Å²) in [5.74, 6) is -0.710. The van der Waals surface area contributed by atoms with Crippen LogP contribution >= 0.6 is 0 Å². The Morgan fingerprint density at radius 1 is 1.19 bits per heavy atom. The van der Waals surface area contributed by atoms with E-state index < -0.39 is 27.2 Å². The van der Waals surface area contributed by atoms with E-state index in [1.165, 1.54) is 19.0 Å². The molecule has 3 amide bonds. The Labute approximate surface area is 123 Å². The summed E-state index contributed by atoms with van der Waals surface area (Å²) in [4.78, 5) is 25.6. The van der Waals surface area contributed by atoms with Crippen molar-refractivity contribution in [2.24, 2.45) is 0 Å². The van der Waals surface area contributed by atoms with Gasteiger partial charge in [0.15, 0.2) is 5.25 Å². The van der Waals surface area contributed by atoms with E-state index in [1.807, 2.05) is 6.07 Å². The van der Waals surface area contributed by atoms with Crippen LogP contribution in [0.4, 0.5) is 4.79 Å². The van der Waals surface area contributed by atoms with E-state index in [0.717, 1.165) is 10.5 Å². The molecule has 0 bridgehead atoms. The maximum Gasteiger partial charge on any atom is 0.326 e. The Kier molecular flexibility index (Phi) is 4.29. The van der Waals surface area contributed by atoms with Crippen LogP contribution in [0.15, 0.2) is 30.3 Å². The number of urea groups is 1. The Morgan fingerprint density at radius 2 is 1.81 bits per heavy atom. The molecule has 8 heteroatoms. The van der Waals surface area contributed by atoms with E-state index in [9.17, 15) is 18.0 Å². The summed E-state index contributed by atoms with van der Waals surface area (Å²) < 4.78 is 27.0. The highest BCUT2D eigenvalue weighted by Crippen LogP contribution is 2.14. The summed E-state index contributed by atoms with van der Waals surface area (Å²) in [5, 5.41) is -1.28. The van der Waals surface area contributed by atoms with Gasteiger partial charge in [0.2, 0.25) is 10.0 Å². The number of amides is 3. The van der Waals surface area contributed by atoms with Crippen LogP contribution in [0, 0.1) is 0 Å². The first-order chi connectivity index (χ1) is 9.83. The molecule has 1 unspecified atom stereocenters. The number of rotatable bonds is 4. The van der Waals surface area contributed by atoms with Crippen molar-refractivity contribution in [3.8, 4) is 0 Å². The molecule has 1 heterocycles. The van der Waals surface area contributed by atoms with Gasteiger partial charge in [0, 0.05) is 27.2 Å². The van der Waals surface area contributed by atoms with E-state index in [0.29, 0.717) is 0 Å². The number of sulfonamides is 1. The lowest BCUT2D eigenvalue weighted by atomic mass is 10.2. The Bertz CT molecular complexity index is 645. The minimum absolute atomic E-state index is 0.105. The Balaban J connectivity index is 2.12. The molecule has 21 heavy (non-hydrogen) atoms. The molecule has 0 radical (unpaired) electrons. The van der Waals surface area contributed by atoms with Crippen LogP contribution in [-0.4, -0.2) is 56.0 Å². The Morgan fingerprint density at radius 3 is 2.43 bits per heavy atom. The van der Waals surface area contributed by atoms with Crippen LogP contribution < -0.4 is 4.72 Å². The van der Waals surface area contributed by atoms with Crippen LogP contribution in [0.25, 0.3) is 0 Å². The zero-order chi connectivity index (χ0) is 15.6. The first-order valence-corrected chi connectivity index (χ1v) is 7.92. The summed E-state index contributed by atoms with van der Waals surface area (Å²) in [6.45, 7) is -0.0412. The molecule has 0 spiro atoms. The molecular weight excluding hydrogens is 294 g/mol. The third-order valence-electron chi connectivity index (χ3n) is 3.35. The molecule has 1 aromatic carbocycles. The van der Waals surface area contributed by atoms with Gasteiger partial charge in [0.25, 0.3) is 5.91 Å². The summed E-state index contributed by atoms with van der Waals surface area (Å²) in [6, 6.07) is 8.50. The smallest absolute Gasteiger partial charge is 0.325 e. The zero-order valence-corrected chi connectivity index (χ0v) is 12.6. The number of nitrogens with zero attached hydrogens (tertiary/aromatic N) is 2. The molecule has 0 aliphatic carbocycles. The van der Waals surface area contributed by atoms with Crippen molar-refractivity contribution in [3.63, 3.8) is 0 Å². The molecule has 1 aromatic rings. The number of imide groups is 1. The summed E-state index contributed by atoms with van der Waals surface area (Å²) >= 11 is 0. The monoisotopic (exact) mass is 311 g/mol. The first-order valence-electron chi connectivity index (χ1n) is 6.38. The molecule has 7 nitrogen and oxygen atoms in total. The summed E-state index contributed by atoms with van der Waals surface area (Å²) in [6.07, 6.45) is 0. The van der Waals surface area contributed by atoms with Gasteiger partial charge in [0.1, 0.15) is 0 Å². The molecule has 1 N–H and O–H groups in total. The van der Waals surface area contributed by atoms with Crippen molar-refractivity contribution in [1.29, 1.82) is 0 Å². The van der Waals surface area contributed by atoms with Crippen molar-refractivity contribution in [2.45, 2.75) is 11.8 Å². The number of hydrogen-bond acceptors (Lipinski definition) is 4. The van der Waals surface area contributed by atoms with E-state index in [4.69, 9.17) is 0 Å². The molecular formula is C13H17N3O4S. The fraction of sp³-hybridized carbons (Fsp3) is 0.385. The predicted molar refractivity (Wildman–Crippen MR) is 76.8 cm³/mol. The van der Waals surface area contributed by atoms with Crippen molar-refractivity contribution >= 4 is 22.0 Å². The van der Waals surface area contributed by atoms with E-state index >= 15 is 0 Å². The average Bonchev–Trinajstić information content (AvgIpc) is 2.48. The third-order valence-corrected chi connectivity index (χ3v) is 5.00. The normalized spacial score (nSPS) is 20.0. The predicted octanol–water partition coefficient (Wildman–Crippen LogP) is -0.00160. The van der Waals surface area contributed by atoms with E-state index in [1.54, 1.807) is 24.3 Å². The molecule has 0 aromatic heterocycles. The molecule has 1 atom stereocenters. The average molecular weight is 311 g/mol. The van der Waals surface area contributed by atoms with E-state index in [-0.39, 0.29) is 13.1 Å². The van der Waals surface area contributed by atoms with E-state index in [2.05, 4.69) is 4.72 Å². The van der Waals surface area contributed by atoms with Gasteiger partial charge in [-0.05, 0) is 5.56 Å². The minimum atomic E-state index is -3.86. The number of hydrogen-bond donors (Lipinski definition) is 1. The molecule has 0 saturated carbocycles. The van der Waals surface area contributed by atoms with Gasteiger partial charge in [-0.15, -0.1) is 0 Å². The molecule has 1 aliphatic rings. The van der Waals surface area contributed by atoms with Crippen molar-refractivity contribution in [1.82, 2.24) is 14.5 Å². The topological polar surface area (TPSA) is 86.8 Å². The number of carbonyl (C=O) groups excluding carboxylic acids is 2. The summed E-state index contributed by atoms with van der Waals surface area (Å²) in [5.41, 5.74) is 0.794.